The van der Waals surface area contributed by atoms with Gasteiger partial charge in [0.1, 0.15) is 5.75 Å². The van der Waals surface area contributed by atoms with E-state index in [2.05, 4.69) is 54.1 Å². The van der Waals surface area contributed by atoms with Crippen LogP contribution >= 0.6 is 11.8 Å². The molecule has 0 unspecified atom stereocenters. The number of methoxy groups -OCH3 is 2. The second-order valence-electron chi connectivity index (χ2n) is 9.39. The van der Waals surface area contributed by atoms with Gasteiger partial charge in [-0.3, -0.25) is 4.90 Å². The van der Waals surface area contributed by atoms with Crippen molar-refractivity contribution in [3.8, 4) is 5.75 Å². The molecule has 2 atom stereocenters. The molecule has 3 aliphatic rings. The maximum absolute atomic E-state index is 5.75. The molecule has 0 amide bonds. The highest BCUT2D eigenvalue weighted by Gasteiger charge is 2.37. The van der Waals surface area contributed by atoms with Gasteiger partial charge in [-0.15, -0.1) is 0 Å². The zero-order valence-electron chi connectivity index (χ0n) is 20.0. The van der Waals surface area contributed by atoms with E-state index in [0.29, 0.717) is 12.1 Å². The van der Waals surface area contributed by atoms with Gasteiger partial charge < -0.3 is 19.7 Å². The third kappa shape index (κ3) is 3.66. The predicted molar refractivity (Wildman–Crippen MR) is 133 cm³/mol. The lowest BCUT2D eigenvalue weighted by Gasteiger charge is -2.51. The Morgan fingerprint density at radius 3 is 2.47 bits per heavy atom. The van der Waals surface area contributed by atoms with E-state index in [9.17, 15) is 0 Å². The summed E-state index contributed by atoms with van der Waals surface area (Å²) in [5.41, 5.74) is 7.49. The fraction of sp³-hybridized carbons (Fsp3) is 0.538. The second-order valence-corrected chi connectivity index (χ2v) is 10.4. The Kier molecular flexibility index (Phi) is 6.03. The average molecular weight is 454 g/mol. The van der Waals surface area contributed by atoms with Crippen molar-refractivity contribution in [2.24, 2.45) is 0 Å². The highest BCUT2D eigenvalue weighted by Crippen LogP contribution is 2.51. The Bertz CT molecular complexity index is 1010. The van der Waals surface area contributed by atoms with Crippen molar-refractivity contribution in [1.29, 1.82) is 0 Å². The third-order valence-corrected chi connectivity index (χ3v) is 8.89. The van der Waals surface area contributed by atoms with Crippen LogP contribution in [0.15, 0.2) is 28.0 Å². The number of piperidine rings is 1. The van der Waals surface area contributed by atoms with E-state index in [1.807, 2.05) is 18.9 Å². The lowest BCUT2D eigenvalue weighted by molar-refractivity contribution is 0.0394. The van der Waals surface area contributed by atoms with Crippen LogP contribution in [0.1, 0.15) is 36.0 Å². The minimum Gasteiger partial charge on any atom is -0.496 e. The van der Waals surface area contributed by atoms with Gasteiger partial charge >= 0.3 is 0 Å². The number of benzene rings is 2. The van der Waals surface area contributed by atoms with Gasteiger partial charge in [-0.05, 0) is 62.9 Å². The lowest BCUT2D eigenvalue weighted by Crippen LogP contribution is -2.61. The molecule has 1 N–H and O–H groups in total. The number of nitrogens with one attached hydrogen (secondary N) is 1. The van der Waals surface area contributed by atoms with E-state index < -0.39 is 0 Å². The molecule has 0 spiro atoms. The monoisotopic (exact) mass is 453 g/mol. The maximum Gasteiger partial charge on any atom is 0.126 e. The summed E-state index contributed by atoms with van der Waals surface area (Å²) in [5, 5.41) is 3.72. The van der Waals surface area contributed by atoms with Crippen molar-refractivity contribution in [2.75, 3.05) is 50.7 Å². The van der Waals surface area contributed by atoms with Crippen LogP contribution in [0.25, 0.3) is 0 Å². The van der Waals surface area contributed by atoms with E-state index in [1.165, 1.54) is 62.8 Å². The molecule has 2 aromatic rings. The minimum absolute atomic E-state index is 0.636. The Morgan fingerprint density at radius 1 is 1.03 bits per heavy atom. The first kappa shape index (κ1) is 21.9. The number of nitrogens with zero attached hydrogens (tertiary/aromatic N) is 2. The molecule has 0 aromatic heterocycles. The fourth-order valence-corrected chi connectivity index (χ4v) is 6.97. The van der Waals surface area contributed by atoms with Crippen LogP contribution in [0.3, 0.4) is 0 Å². The van der Waals surface area contributed by atoms with Crippen LogP contribution in [0.4, 0.5) is 17.1 Å². The van der Waals surface area contributed by atoms with Crippen molar-refractivity contribution in [3.63, 3.8) is 0 Å². The summed E-state index contributed by atoms with van der Waals surface area (Å²) in [5.74, 6) is 1.01. The van der Waals surface area contributed by atoms with Crippen molar-refractivity contribution in [3.05, 3.63) is 34.9 Å². The molecule has 2 aromatic carbocycles. The zero-order valence-corrected chi connectivity index (χ0v) is 20.8. The number of piperazine rings is 1. The van der Waals surface area contributed by atoms with Crippen molar-refractivity contribution < 1.29 is 9.47 Å². The molecule has 2 saturated heterocycles. The Balaban J connectivity index is 1.41. The Morgan fingerprint density at radius 2 is 1.78 bits per heavy atom. The molecule has 5 rings (SSSR count). The van der Waals surface area contributed by atoms with E-state index in [-0.39, 0.29) is 0 Å². The van der Waals surface area contributed by atoms with Gasteiger partial charge in [0.05, 0.1) is 25.1 Å². The van der Waals surface area contributed by atoms with Gasteiger partial charge in [0.2, 0.25) is 0 Å². The van der Waals surface area contributed by atoms with Crippen LogP contribution < -0.4 is 15.0 Å². The van der Waals surface area contributed by atoms with Crippen LogP contribution in [-0.2, 0) is 4.74 Å². The molecular weight excluding hydrogens is 418 g/mol. The molecule has 5 nitrogen and oxygen atoms in total. The molecule has 0 aliphatic carbocycles. The van der Waals surface area contributed by atoms with Crippen molar-refractivity contribution in [1.82, 2.24) is 4.90 Å². The third-order valence-electron chi connectivity index (χ3n) is 7.62. The van der Waals surface area contributed by atoms with E-state index in [4.69, 9.17) is 9.47 Å². The maximum atomic E-state index is 5.75. The Labute approximate surface area is 196 Å². The largest absolute Gasteiger partial charge is 0.496 e. The fourth-order valence-electron chi connectivity index (χ4n) is 5.79. The van der Waals surface area contributed by atoms with Crippen LogP contribution in [0.2, 0.25) is 0 Å². The summed E-state index contributed by atoms with van der Waals surface area (Å²) in [6.45, 7) is 10.6. The Hall–Kier alpha value is -1.89. The molecule has 2 bridgehead atoms. The van der Waals surface area contributed by atoms with Gasteiger partial charge in [-0.25, -0.2) is 0 Å². The summed E-state index contributed by atoms with van der Waals surface area (Å²) in [4.78, 5) is 7.91. The number of hydrogen-bond donors (Lipinski definition) is 1. The minimum atomic E-state index is 0.636. The number of rotatable bonds is 5. The molecule has 2 fully saturated rings. The summed E-state index contributed by atoms with van der Waals surface area (Å²) >= 11 is 1.88. The first-order valence-corrected chi connectivity index (χ1v) is 12.6. The summed E-state index contributed by atoms with van der Waals surface area (Å²) in [7, 11) is 3.58. The summed E-state index contributed by atoms with van der Waals surface area (Å²) < 4.78 is 11.1. The topological polar surface area (TPSA) is 37.0 Å². The normalized spacial score (nSPS) is 22.2. The SMILES string of the molecule is COCCN1[C@@H]2CCC[C@H]1CN(c1ccc3c(c1)Sc1c(C)c(OC)c(C)c(C)c1N3)C2. The second kappa shape index (κ2) is 8.81. The standard InChI is InChI=1S/C26H35N3O2S/c1-16-17(2)25(31-5)18(3)26-24(16)27-22-10-9-19(13-23(22)32-26)28-14-20-7-6-8-21(15-28)29(20)11-12-30-4/h9-10,13,20-21,27H,6-8,11-12,14-15H2,1-5H3/t20-,21+. The average Bonchev–Trinajstić information content (AvgIpc) is 2.80. The van der Waals surface area contributed by atoms with E-state index >= 15 is 0 Å². The molecule has 0 saturated carbocycles. The first-order valence-electron chi connectivity index (χ1n) is 11.8. The van der Waals surface area contributed by atoms with Gasteiger partial charge in [0.25, 0.3) is 0 Å². The van der Waals surface area contributed by atoms with Gasteiger partial charge in [-0.2, -0.15) is 0 Å². The van der Waals surface area contributed by atoms with Gasteiger partial charge in [0.15, 0.2) is 0 Å². The van der Waals surface area contributed by atoms with Crippen LogP contribution in [0, 0.1) is 20.8 Å². The van der Waals surface area contributed by atoms with Crippen molar-refractivity contribution in [2.45, 2.75) is 61.9 Å². The summed E-state index contributed by atoms with van der Waals surface area (Å²) in [6.07, 6.45) is 3.94. The van der Waals surface area contributed by atoms with Crippen LogP contribution in [0.5, 0.6) is 5.75 Å². The highest BCUT2D eigenvalue weighted by atomic mass is 32.2. The molecule has 32 heavy (non-hydrogen) atoms. The van der Waals surface area contributed by atoms with Gasteiger partial charge in [0, 0.05) is 59.9 Å². The summed E-state index contributed by atoms with van der Waals surface area (Å²) in [6, 6.07) is 8.23. The van der Waals surface area contributed by atoms with Crippen molar-refractivity contribution >= 4 is 28.8 Å². The number of ether oxygens (including phenoxy) is 2. The molecule has 0 radical (unpaired) electrons. The number of hydrogen-bond acceptors (Lipinski definition) is 6. The van der Waals surface area contributed by atoms with E-state index in [0.717, 1.165) is 32.0 Å². The number of anilines is 3. The lowest BCUT2D eigenvalue weighted by atomic mass is 9.91. The molecule has 6 heteroatoms. The smallest absolute Gasteiger partial charge is 0.126 e. The molecule has 172 valence electrons. The molecule has 3 aliphatic heterocycles. The van der Waals surface area contributed by atoms with Gasteiger partial charge in [-0.1, -0.05) is 18.2 Å². The first-order chi connectivity index (χ1) is 15.5. The van der Waals surface area contributed by atoms with Crippen LogP contribution in [-0.4, -0.2) is 57.4 Å². The van der Waals surface area contributed by atoms with E-state index in [1.54, 1.807) is 7.11 Å². The quantitative estimate of drug-likeness (QED) is 0.548. The highest BCUT2D eigenvalue weighted by molar-refractivity contribution is 7.99. The predicted octanol–water partition coefficient (Wildman–Crippen LogP) is 5.52. The number of fused-ring (bicyclic) bond motifs is 4. The zero-order chi connectivity index (χ0) is 22.4. The molecular formula is C26H35N3O2S. The molecule has 3 heterocycles.